The van der Waals surface area contributed by atoms with Crippen LogP contribution in [0.4, 0.5) is 0 Å². The van der Waals surface area contributed by atoms with Gasteiger partial charge in [-0.1, -0.05) is 32.0 Å². The van der Waals surface area contributed by atoms with Gasteiger partial charge in [0.15, 0.2) is 12.5 Å². The molecule has 2 aromatic heterocycles. The van der Waals surface area contributed by atoms with Crippen LogP contribution in [0, 0.1) is 4.77 Å². The molecule has 1 fully saturated rings. The van der Waals surface area contributed by atoms with Crippen molar-refractivity contribution in [1.82, 2.24) is 19.3 Å². The predicted molar refractivity (Wildman–Crippen MR) is 116 cm³/mol. The standard InChI is InChI=1S/C22H27N5OS/c1-16(2)19-9-3-4-10-20(19)27-21(17-7-5-11-23-13-17)24-26(22(27)29)15-25-12-6-8-18(28)14-25/h3-5,7,9-11,13,16,18,28H,6,8,12,14-15H2,1-2H3/p+1/t18-/m1/s1. The second-order valence-electron chi connectivity index (χ2n) is 8.05. The number of nitrogens with one attached hydrogen (secondary N) is 1. The van der Waals surface area contributed by atoms with Gasteiger partial charge in [-0.2, -0.15) is 4.68 Å². The lowest BCUT2D eigenvalue weighted by atomic mass is 10.0. The number of nitrogens with zero attached hydrogens (tertiary/aromatic N) is 4. The lowest BCUT2D eigenvalue weighted by Crippen LogP contribution is -3.13. The van der Waals surface area contributed by atoms with Gasteiger partial charge in [0, 0.05) is 18.0 Å². The summed E-state index contributed by atoms with van der Waals surface area (Å²) < 4.78 is 4.65. The Morgan fingerprint density at radius 2 is 2.07 bits per heavy atom. The predicted octanol–water partition coefficient (Wildman–Crippen LogP) is 2.59. The monoisotopic (exact) mass is 410 g/mol. The van der Waals surface area contributed by atoms with Gasteiger partial charge in [0.1, 0.15) is 12.6 Å². The number of likely N-dealkylation sites (tertiary alicyclic amines) is 1. The van der Waals surface area contributed by atoms with E-state index >= 15 is 0 Å². The molecule has 152 valence electrons. The maximum atomic E-state index is 10.1. The Morgan fingerprint density at radius 1 is 1.24 bits per heavy atom. The molecule has 3 heterocycles. The van der Waals surface area contributed by atoms with Crippen LogP contribution in [0.15, 0.2) is 48.8 Å². The molecule has 1 saturated heterocycles. The molecule has 0 aliphatic carbocycles. The minimum Gasteiger partial charge on any atom is -0.387 e. The SMILES string of the molecule is CC(C)c1ccccc1-n1c(-c2cccnc2)nn(C[NH+]2CCC[C@@H](O)C2)c1=S. The van der Waals surface area contributed by atoms with Crippen LogP contribution in [0.3, 0.4) is 0 Å². The Bertz CT molecular complexity index is 1030. The summed E-state index contributed by atoms with van der Waals surface area (Å²) in [5.74, 6) is 1.16. The highest BCUT2D eigenvalue weighted by molar-refractivity contribution is 7.71. The Labute approximate surface area is 176 Å². The molecule has 1 aliphatic rings. The largest absolute Gasteiger partial charge is 0.387 e. The lowest BCUT2D eigenvalue weighted by molar-refractivity contribution is -0.931. The zero-order valence-corrected chi connectivity index (χ0v) is 17.8. The van der Waals surface area contributed by atoms with Crippen molar-refractivity contribution in [2.24, 2.45) is 0 Å². The summed E-state index contributed by atoms with van der Waals surface area (Å²) in [7, 11) is 0. The van der Waals surface area contributed by atoms with Crippen molar-refractivity contribution in [3.63, 3.8) is 0 Å². The molecular weight excluding hydrogens is 382 g/mol. The Balaban J connectivity index is 1.83. The molecule has 29 heavy (non-hydrogen) atoms. The summed E-state index contributed by atoms with van der Waals surface area (Å²) in [4.78, 5) is 5.59. The first-order valence-corrected chi connectivity index (χ1v) is 10.7. The number of rotatable bonds is 5. The van der Waals surface area contributed by atoms with Gasteiger partial charge >= 0.3 is 0 Å². The van der Waals surface area contributed by atoms with E-state index in [9.17, 15) is 5.11 Å². The van der Waals surface area contributed by atoms with Gasteiger partial charge in [0.05, 0.1) is 12.2 Å². The number of pyridine rings is 1. The van der Waals surface area contributed by atoms with Crippen LogP contribution in [0.5, 0.6) is 0 Å². The molecule has 1 aromatic carbocycles. The van der Waals surface area contributed by atoms with E-state index in [1.807, 2.05) is 29.1 Å². The zero-order chi connectivity index (χ0) is 20.4. The molecule has 1 unspecified atom stereocenters. The van der Waals surface area contributed by atoms with Crippen LogP contribution in [-0.2, 0) is 6.67 Å². The van der Waals surface area contributed by atoms with Crippen LogP contribution in [-0.4, -0.2) is 43.6 Å². The van der Waals surface area contributed by atoms with E-state index in [2.05, 4.69) is 41.6 Å². The van der Waals surface area contributed by atoms with E-state index in [0.29, 0.717) is 17.4 Å². The van der Waals surface area contributed by atoms with Gasteiger partial charge in [0.2, 0.25) is 4.77 Å². The molecule has 0 amide bonds. The molecule has 0 spiro atoms. The molecule has 2 atom stereocenters. The number of aliphatic hydroxyl groups is 1. The van der Waals surface area contributed by atoms with Crippen molar-refractivity contribution in [3.8, 4) is 17.1 Å². The highest BCUT2D eigenvalue weighted by atomic mass is 32.1. The molecule has 0 radical (unpaired) electrons. The van der Waals surface area contributed by atoms with Crippen LogP contribution in [0.2, 0.25) is 0 Å². The van der Waals surface area contributed by atoms with Crippen molar-refractivity contribution in [2.45, 2.75) is 45.4 Å². The van der Waals surface area contributed by atoms with Crippen LogP contribution >= 0.6 is 12.2 Å². The van der Waals surface area contributed by atoms with Crippen LogP contribution < -0.4 is 4.90 Å². The smallest absolute Gasteiger partial charge is 0.207 e. The highest BCUT2D eigenvalue weighted by Crippen LogP contribution is 2.28. The van der Waals surface area contributed by atoms with E-state index < -0.39 is 0 Å². The van der Waals surface area contributed by atoms with Crippen molar-refractivity contribution < 1.29 is 10.0 Å². The summed E-state index contributed by atoms with van der Waals surface area (Å²) in [6.45, 7) is 6.79. The van der Waals surface area contributed by atoms with E-state index in [0.717, 1.165) is 43.0 Å². The molecule has 0 saturated carbocycles. The quantitative estimate of drug-likeness (QED) is 0.635. The molecule has 4 rings (SSSR count). The van der Waals surface area contributed by atoms with E-state index in [1.54, 1.807) is 6.20 Å². The number of aliphatic hydroxyl groups excluding tert-OH is 1. The molecule has 7 heteroatoms. The van der Waals surface area contributed by atoms with Crippen LogP contribution in [0.1, 0.15) is 38.2 Å². The van der Waals surface area contributed by atoms with Gasteiger partial charge in [-0.05, 0) is 54.7 Å². The minimum atomic E-state index is -0.241. The topological polar surface area (TPSA) is 60.3 Å². The van der Waals surface area contributed by atoms with Crippen molar-refractivity contribution >= 4 is 12.2 Å². The lowest BCUT2D eigenvalue weighted by Gasteiger charge is -2.26. The first-order chi connectivity index (χ1) is 14.0. The second kappa shape index (κ2) is 8.57. The van der Waals surface area contributed by atoms with Gasteiger partial charge in [-0.15, -0.1) is 5.10 Å². The fourth-order valence-corrected chi connectivity index (χ4v) is 4.36. The van der Waals surface area contributed by atoms with Gasteiger partial charge in [-0.25, -0.2) is 0 Å². The maximum absolute atomic E-state index is 10.1. The van der Waals surface area contributed by atoms with Gasteiger partial charge in [-0.3, -0.25) is 9.55 Å². The molecule has 6 nitrogen and oxygen atoms in total. The molecule has 2 N–H and O–H groups in total. The number of aromatic nitrogens is 4. The third-order valence-electron chi connectivity index (χ3n) is 5.52. The number of benzene rings is 1. The Hall–Kier alpha value is -2.35. The first kappa shape index (κ1) is 19.9. The van der Waals surface area contributed by atoms with Gasteiger partial charge < -0.3 is 10.0 Å². The summed E-state index contributed by atoms with van der Waals surface area (Å²) >= 11 is 5.91. The van der Waals surface area contributed by atoms with E-state index in [-0.39, 0.29) is 6.10 Å². The highest BCUT2D eigenvalue weighted by Gasteiger charge is 2.24. The third-order valence-corrected chi connectivity index (χ3v) is 5.92. The number of quaternary nitrogens is 1. The number of piperidine rings is 1. The normalized spacial score (nSPS) is 19.6. The average molecular weight is 411 g/mol. The summed E-state index contributed by atoms with van der Waals surface area (Å²) in [5.41, 5.74) is 3.23. The summed E-state index contributed by atoms with van der Waals surface area (Å²) in [6.07, 6.45) is 5.26. The summed E-state index contributed by atoms with van der Waals surface area (Å²) in [5, 5.41) is 15.0. The average Bonchev–Trinajstić information content (AvgIpc) is 3.04. The molecule has 1 aliphatic heterocycles. The first-order valence-electron chi connectivity index (χ1n) is 10.3. The second-order valence-corrected chi connectivity index (χ2v) is 8.42. The molecule has 0 bridgehead atoms. The van der Waals surface area contributed by atoms with Crippen molar-refractivity contribution in [1.29, 1.82) is 0 Å². The van der Waals surface area contributed by atoms with E-state index in [1.165, 1.54) is 10.5 Å². The minimum absolute atomic E-state index is 0.241. The fourth-order valence-electron chi connectivity index (χ4n) is 4.07. The molecular formula is C22H28N5OS+. The number of para-hydroxylation sites is 1. The zero-order valence-electron chi connectivity index (χ0n) is 17.0. The third kappa shape index (κ3) is 4.17. The van der Waals surface area contributed by atoms with Crippen molar-refractivity contribution in [2.75, 3.05) is 13.1 Å². The number of hydrogen-bond acceptors (Lipinski definition) is 4. The maximum Gasteiger partial charge on any atom is 0.207 e. The van der Waals surface area contributed by atoms with Crippen molar-refractivity contribution in [3.05, 3.63) is 59.1 Å². The fraction of sp³-hybridized carbons (Fsp3) is 0.409. The Morgan fingerprint density at radius 3 is 2.79 bits per heavy atom. The van der Waals surface area contributed by atoms with E-state index in [4.69, 9.17) is 17.3 Å². The number of hydrogen-bond donors (Lipinski definition) is 2. The summed E-state index contributed by atoms with van der Waals surface area (Å²) in [6, 6.07) is 12.3. The van der Waals surface area contributed by atoms with Crippen LogP contribution in [0.25, 0.3) is 17.1 Å². The van der Waals surface area contributed by atoms with Gasteiger partial charge in [0.25, 0.3) is 0 Å². The molecule has 3 aromatic rings. The Kier molecular flexibility index (Phi) is 5.89.